The number of benzene rings is 3. The quantitative estimate of drug-likeness (QED) is 0.450. The van der Waals surface area contributed by atoms with Crippen LogP contribution in [0, 0.1) is 12.8 Å². The first-order valence-electron chi connectivity index (χ1n) is 10.9. The lowest BCUT2D eigenvalue weighted by Gasteiger charge is -2.31. The third kappa shape index (κ3) is 5.68. The summed E-state index contributed by atoms with van der Waals surface area (Å²) >= 11 is 6.32. The number of urea groups is 1. The molecule has 1 heterocycles. The lowest BCUT2D eigenvalue weighted by molar-refractivity contribution is -0.148. The van der Waals surface area contributed by atoms with E-state index in [-0.39, 0.29) is 6.61 Å². The Bertz CT molecular complexity index is 1160. The average Bonchev–Trinajstić information content (AvgIpc) is 2.83. The maximum atomic E-state index is 13.3. The lowest BCUT2D eigenvalue weighted by Crippen LogP contribution is -2.45. The van der Waals surface area contributed by atoms with E-state index in [1.807, 2.05) is 85.8 Å². The van der Waals surface area contributed by atoms with Gasteiger partial charge in [0.25, 0.3) is 0 Å². The van der Waals surface area contributed by atoms with Crippen molar-refractivity contribution in [3.05, 3.63) is 106 Å². The molecule has 6 heteroatoms. The van der Waals surface area contributed by atoms with Gasteiger partial charge in [-0.15, -0.1) is 0 Å². The van der Waals surface area contributed by atoms with Crippen LogP contribution in [0.4, 0.5) is 4.79 Å². The topological polar surface area (TPSA) is 67.8 Å². The molecule has 0 saturated heterocycles. The summed E-state index contributed by atoms with van der Waals surface area (Å²) in [7, 11) is 0. The van der Waals surface area contributed by atoms with Gasteiger partial charge in [0.1, 0.15) is 12.5 Å². The van der Waals surface area contributed by atoms with Crippen LogP contribution in [0.2, 0.25) is 5.02 Å². The highest BCUT2D eigenvalue weighted by Gasteiger charge is 2.39. The number of nitrogens with one attached hydrogen (secondary N) is 1. The molecule has 0 spiro atoms. The van der Waals surface area contributed by atoms with Crippen molar-refractivity contribution in [2.24, 2.45) is 10.9 Å². The molecule has 4 rings (SSSR count). The van der Waals surface area contributed by atoms with Crippen LogP contribution < -0.4 is 5.32 Å². The van der Waals surface area contributed by atoms with Gasteiger partial charge in [-0.3, -0.25) is 4.79 Å². The molecule has 0 fully saturated rings. The van der Waals surface area contributed by atoms with E-state index in [9.17, 15) is 9.59 Å². The number of esters is 1. The maximum Gasteiger partial charge on any atom is 0.341 e. The minimum absolute atomic E-state index is 0.155. The van der Waals surface area contributed by atoms with Gasteiger partial charge in [0.15, 0.2) is 0 Å². The minimum Gasteiger partial charge on any atom is -0.460 e. The summed E-state index contributed by atoms with van der Waals surface area (Å²) in [6.45, 7) is 2.15. The summed E-state index contributed by atoms with van der Waals surface area (Å²) in [5.74, 6) is -1.14. The molecule has 2 amide bonds. The van der Waals surface area contributed by atoms with E-state index in [4.69, 9.17) is 16.3 Å². The predicted octanol–water partition coefficient (Wildman–Crippen LogP) is 5.85. The summed E-state index contributed by atoms with van der Waals surface area (Å²) in [6, 6.07) is 23.8. The van der Waals surface area contributed by atoms with Crippen molar-refractivity contribution in [3.63, 3.8) is 0 Å². The van der Waals surface area contributed by atoms with E-state index in [0.717, 1.165) is 22.3 Å². The molecule has 33 heavy (non-hydrogen) atoms. The molecule has 2 unspecified atom stereocenters. The number of aliphatic imine (C=N–C) groups is 1. The number of rotatable bonds is 7. The van der Waals surface area contributed by atoms with Crippen molar-refractivity contribution in [3.8, 4) is 0 Å². The van der Waals surface area contributed by atoms with Crippen molar-refractivity contribution >= 4 is 29.3 Å². The van der Waals surface area contributed by atoms with Crippen LogP contribution in [0.1, 0.15) is 34.7 Å². The van der Waals surface area contributed by atoms with Crippen LogP contribution in [-0.4, -0.2) is 17.7 Å². The van der Waals surface area contributed by atoms with Gasteiger partial charge < -0.3 is 10.1 Å². The number of halogens is 1. The molecular weight excluding hydrogens is 436 g/mol. The molecule has 168 valence electrons. The SMILES string of the molecule is Cc1ccc(C2NC(=O)N=C(CCc3ccccc3Cl)C2C(=O)OCc2ccccc2)cc1. The fraction of sp³-hybridized carbons (Fsp3) is 0.222. The van der Waals surface area contributed by atoms with Gasteiger partial charge in [0.2, 0.25) is 0 Å². The fourth-order valence-electron chi connectivity index (χ4n) is 3.96. The van der Waals surface area contributed by atoms with Gasteiger partial charge in [-0.25, -0.2) is 9.79 Å². The summed E-state index contributed by atoms with van der Waals surface area (Å²) in [5.41, 5.74) is 4.27. The van der Waals surface area contributed by atoms with Crippen LogP contribution >= 0.6 is 11.6 Å². The fourth-order valence-corrected chi connectivity index (χ4v) is 4.19. The van der Waals surface area contributed by atoms with E-state index >= 15 is 0 Å². The molecule has 3 aromatic carbocycles. The van der Waals surface area contributed by atoms with Crippen molar-refractivity contribution < 1.29 is 14.3 Å². The monoisotopic (exact) mass is 460 g/mol. The zero-order valence-electron chi connectivity index (χ0n) is 18.3. The van der Waals surface area contributed by atoms with E-state index in [0.29, 0.717) is 23.6 Å². The third-order valence-electron chi connectivity index (χ3n) is 5.74. The van der Waals surface area contributed by atoms with Gasteiger partial charge >= 0.3 is 12.0 Å². The van der Waals surface area contributed by atoms with E-state index in [1.54, 1.807) is 0 Å². The van der Waals surface area contributed by atoms with Crippen molar-refractivity contribution in [2.45, 2.75) is 32.4 Å². The Morgan fingerprint density at radius 3 is 2.39 bits per heavy atom. The Morgan fingerprint density at radius 1 is 0.970 bits per heavy atom. The minimum atomic E-state index is -0.725. The summed E-state index contributed by atoms with van der Waals surface area (Å²) < 4.78 is 5.69. The summed E-state index contributed by atoms with van der Waals surface area (Å²) in [5, 5.41) is 3.52. The number of carbonyl (C=O) groups excluding carboxylic acids is 2. The number of amides is 2. The molecule has 1 aliphatic rings. The molecule has 2 atom stereocenters. The van der Waals surface area contributed by atoms with Gasteiger partial charge in [0.05, 0.1) is 6.04 Å². The van der Waals surface area contributed by atoms with Crippen LogP contribution in [0.5, 0.6) is 0 Å². The van der Waals surface area contributed by atoms with Crippen LogP contribution in [0.15, 0.2) is 83.9 Å². The highest BCUT2D eigenvalue weighted by molar-refractivity contribution is 6.31. The maximum absolute atomic E-state index is 13.3. The molecule has 0 aliphatic carbocycles. The average molecular weight is 461 g/mol. The number of hydrogen-bond acceptors (Lipinski definition) is 3. The van der Waals surface area contributed by atoms with Crippen LogP contribution in [0.3, 0.4) is 0 Å². The van der Waals surface area contributed by atoms with E-state index in [1.165, 1.54) is 0 Å². The summed E-state index contributed by atoms with van der Waals surface area (Å²) in [6.07, 6.45) is 0.986. The standard InChI is InChI=1S/C27H25ClN2O3/c1-18-11-13-21(14-12-18)25-24(26(31)33-17-19-7-3-2-4-8-19)23(29-27(32)30-25)16-15-20-9-5-6-10-22(20)28/h2-14,24-25H,15-17H2,1H3,(H,30,32). The van der Waals surface area contributed by atoms with Crippen molar-refractivity contribution in [2.75, 3.05) is 0 Å². The second-order valence-electron chi connectivity index (χ2n) is 8.10. The third-order valence-corrected chi connectivity index (χ3v) is 6.11. The van der Waals surface area contributed by atoms with Crippen molar-refractivity contribution in [1.29, 1.82) is 0 Å². The molecule has 0 saturated carbocycles. The Kier molecular flexibility index (Phi) is 7.20. The number of carbonyl (C=O) groups is 2. The van der Waals surface area contributed by atoms with Crippen LogP contribution in [0.25, 0.3) is 0 Å². The highest BCUT2D eigenvalue weighted by atomic mass is 35.5. The largest absolute Gasteiger partial charge is 0.460 e. The van der Waals surface area contributed by atoms with Gasteiger partial charge in [-0.05, 0) is 42.5 Å². The molecule has 3 aromatic rings. The molecule has 0 bridgehead atoms. The highest BCUT2D eigenvalue weighted by Crippen LogP contribution is 2.31. The predicted molar refractivity (Wildman–Crippen MR) is 129 cm³/mol. The Labute approximate surface area is 198 Å². The molecular formula is C27H25ClN2O3. The molecule has 1 N–H and O–H groups in total. The van der Waals surface area contributed by atoms with Gasteiger partial charge in [-0.2, -0.15) is 0 Å². The Hall–Kier alpha value is -3.44. The number of nitrogens with zero attached hydrogens (tertiary/aromatic N) is 1. The van der Waals surface area contributed by atoms with Gasteiger partial charge in [-0.1, -0.05) is 90.0 Å². The first-order chi connectivity index (χ1) is 16.0. The zero-order chi connectivity index (χ0) is 23.2. The van der Waals surface area contributed by atoms with Gasteiger partial charge in [0, 0.05) is 10.7 Å². The second-order valence-corrected chi connectivity index (χ2v) is 8.51. The molecule has 0 aromatic heterocycles. The Balaban J connectivity index is 1.61. The van der Waals surface area contributed by atoms with E-state index in [2.05, 4.69) is 10.3 Å². The smallest absolute Gasteiger partial charge is 0.341 e. The number of ether oxygens (including phenoxy) is 1. The van der Waals surface area contributed by atoms with Crippen LogP contribution in [-0.2, 0) is 22.6 Å². The van der Waals surface area contributed by atoms with Crippen molar-refractivity contribution in [1.82, 2.24) is 5.32 Å². The van der Waals surface area contributed by atoms with E-state index < -0.39 is 24.0 Å². The lowest BCUT2D eigenvalue weighted by atomic mass is 9.85. The number of aryl methyl sites for hydroxylation is 2. The molecule has 0 radical (unpaired) electrons. The zero-order valence-corrected chi connectivity index (χ0v) is 19.1. The Morgan fingerprint density at radius 2 is 1.67 bits per heavy atom. The molecule has 1 aliphatic heterocycles. The normalized spacial score (nSPS) is 17.8. The number of hydrogen-bond donors (Lipinski definition) is 1. The molecule has 5 nitrogen and oxygen atoms in total. The first kappa shape index (κ1) is 22.7. The summed E-state index contributed by atoms with van der Waals surface area (Å²) in [4.78, 5) is 30.0. The first-order valence-corrected chi connectivity index (χ1v) is 11.3. The second kappa shape index (κ2) is 10.5.